The van der Waals surface area contributed by atoms with Crippen LogP contribution in [0.15, 0.2) is 65.8 Å². The van der Waals surface area contributed by atoms with Crippen molar-refractivity contribution in [3.8, 4) is 17.2 Å². The van der Waals surface area contributed by atoms with Crippen LogP contribution in [-0.2, 0) is 10.8 Å². The number of aromatic nitrogens is 3. The highest BCUT2D eigenvalue weighted by atomic mass is 32.2. The van der Waals surface area contributed by atoms with Gasteiger partial charge in [-0.3, -0.25) is 4.21 Å². The van der Waals surface area contributed by atoms with E-state index in [1.54, 1.807) is 19.6 Å². The van der Waals surface area contributed by atoms with E-state index in [4.69, 9.17) is 14.5 Å². The van der Waals surface area contributed by atoms with Gasteiger partial charge in [0.05, 0.1) is 13.7 Å². The molecule has 1 N–H and O–H groups in total. The molecule has 4 aromatic rings. The van der Waals surface area contributed by atoms with Gasteiger partial charge in [-0.05, 0) is 48.9 Å². The standard InChI is InChI=1S/C24H26N4O3S/c1-4-5-14-31-22-15-18(6-11-21(22)30-2)26-24-25-16-17-12-13-28(23(17)27-24)19-7-9-20(10-8-19)32(3)29/h6-13,15-16H,4-5,14H2,1-3H3,(H,25,26,27). The molecule has 0 amide bonds. The first-order valence-corrected chi connectivity index (χ1v) is 12.0. The van der Waals surface area contributed by atoms with E-state index >= 15 is 0 Å². The van der Waals surface area contributed by atoms with Crippen molar-refractivity contribution in [1.82, 2.24) is 14.5 Å². The molecule has 0 spiro atoms. The molecular weight excluding hydrogens is 424 g/mol. The second kappa shape index (κ2) is 9.82. The Kier molecular flexibility index (Phi) is 6.70. The van der Waals surface area contributed by atoms with Gasteiger partial charge in [-0.15, -0.1) is 0 Å². The highest BCUT2D eigenvalue weighted by Gasteiger charge is 2.10. The van der Waals surface area contributed by atoms with Gasteiger partial charge in [0.15, 0.2) is 11.5 Å². The number of hydrogen-bond acceptors (Lipinski definition) is 6. The molecule has 1 unspecified atom stereocenters. The number of nitrogens with zero attached hydrogens (tertiary/aromatic N) is 3. The maximum atomic E-state index is 11.7. The fourth-order valence-corrected chi connectivity index (χ4v) is 3.83. The summed E-state index contributed by atoms with van der Waals surface area (Å²) in [6.45, 7) is 2.76. The van der Waals surface area contributed by atoms with Crippen LogP contribution >= 0.6 is 0 Å². The van der Waals surface area contributed by atoms with Crippen LogP contribution in [0.2, 0.25) is 0 Å². The predicted octanol–water partition coefficient (Wildman–Crippen LogP) is 5.09. The van der Waals surface area contributed by atoms with Crippen LogP contribution in [0, 0.1) is 0 Å². The van der Waals surface area contributed by atoms with Crippen LogP contribution in [-0.4, -0.2) is 38.7 Å². The first-order chi connectivity index (χ1) is 15.6. The van der Waals surface area contributed by atoms with Crippen molar-refractivity contribution in [2.45, 2.75) is 24.7 Å². The fourth-order valence-electron chi connectivity index (χ4n) is 3.31. The first-order valence-electron chi connectivity index (χ1n) is 10.4. The van der Waals surface area contributed by atoms with E-state index in [9.17, 15) is 4.21 Å². The maximum absolute atomic E-state index is 11.7. The van der Waals surface area contributed by atoms with E-state index in [2.05, 4.69) is 17.2 Å². The van der Waals surface area contributed by atoms with Crippen molar-refractivity contribution >= 4 is 33.5 Å². The molecule has 7 nitrogen and oxygen atoms in total. The van der Waals surface area contributed by atoms with Crippen molar-refractivity contribution in [2.24, 2.45) is 0 Å². The minimum absolute atomic E-state index is 0.480. The number of nitrogens with one attached hydrogen (secondary N) is 1. The van der Waals surface area contributed by atoms with Gasteiger partial charge in [-0.1, -0.05) is 13.3 Å². The first kappa shape index (κ1) is 21.8. The normalized spacial score (nSPS) is 12.0. The highest BCUT2D eigenvalue weighted by Crippen LogP contribution is 2.31. The van der Waals surface area contributed by atoms with Crippen molar-refractivity contribution < 1.29 is 13.7 Å². The number of anilines is 2. The topological polar surface area (TPSA) is 78.3 Å². The van der Waals surface area contributed by atoms with Gasteiger partial charge in [-0.25, -0.2) is 4.98 Å². The van der Waals surface area contributed by atoms with Gasteiger partial charge in [-0.2, -0.15) is 4.98 Å². The Morgan fingerprint density at radius 2 is 1.91 bits per heavy atom. The Labute approximate surface area is 189 Å². The molecule has 0 radical (unpaired) electrons. The molecule has 2 aromatic heterocycles. The van der Waals surface area contributed by atoms with Gasteiger partial charge in [0, 0.05) is 57.2 Å². The van der Waals surface area contributed by atoms with Gasteiger partial charge in [0.2, 0.25) is 5.95 Å². The molecule has 0 saturated carbocycles. The van der Waals surface area contributed by atoms with Gasteiger partial charge >= 0.3 is 0 Å². The molecule has 0 fully saturated rings. The largest absolute Gasteiger partial charge is 0.493 e. The zero-order valence-electron chi connectivity index (χ0n) is 18.4. The van der Waals surface area contributed by atoms with Crippen LogP contribution in [0.1, 0.15) is 19.8 Å². The Bertz CT molecular complexity index is 1240. The second-order valence-corrected chi connectivity index (χ2v) is 8.68. The minimum Gasteiger partial charge on any atom is -0.493 e. The summed E-state index contributed by atoms with van der Waals surface area (Å²) in [5, 5.41) is 4.19. The molecule has 166 valence electrons. The van der Waals surface area contributed by atoms with E-state index in [1.807, 2.05) is 59.3 Å². The number of rotatable bonds is 9. The molecule has 32 heavy (non-hydrogen) atoms. The summed E-state index contributed by atoms with van der Waals surface area (Å²) in [6, 6.07) is 15.3. The lowest BCUT2D eigenvalue weighted by molar-refractivity contribution is 0.288. The summed E-state index contributed by atoms with van der Waals surface area (Å²) in [4.78, 5) is 9.96. The lowest BCUT2D eigenvalue weighted by Crippen LogP contribution is -2.02. The average molecular weight is 451 g/mol. The smallest absolute Gasteiger partial charge is 0.229 e. The summed E-state index contributed by atoms with van der Waals surface area (Å²) < 4.78 is 24.9. The third-order valence-electron chi connectivity index (χ3n) is 5.05. The number of benzene rings is 2. The molecule has 2 aromatic carbocycles. The minimum atomic E-state index is -1.01. The number of methoxy groups -OCH3 is 1. The lowest BCUT2D eigenvalue weighted by Gasteiger charge is -2.13. The van der Waals surface area contributed by atoms with Crippen molar-refractivity contribution in [3.63, 3.8) is 0 Å². The molecule has 4 rings (SSSR count). The van der Waals surface area contributed by atoms with Gasteiger partial charge in [0.1, 0.15) is 5.65 Å². The SMILES string of the molecule is CCCCOc1cc(Nc2ncc3ccn(-c4ccc(S(C)=O)cc4)c3n2)ccc1OC. The lowest BCUT2D eigenvalue weighted by atomic mass is 10.2. The molecule has 1 atom stereocenters. The monoisotopic (exact) mass is 450 g/mol. The van der Waals surface area contributed by atoms with Crippen LogP contribution < -0.4 is 14.8 Å². The van der Waals surface area contributed by atoms with Crippen molar-refractivity contribution in [3.05, 3.63) is 60.9 Å². The van der Waals surface area contributed by atoms with E-state index < -0.39 is 10.8 Å². The molecule has 2 heterocycles. The van der Waals surface area contributed by atoms with Crippen molar-refractivity contribution in [2.75, 3.05) is 25.3 Å². The molecule has 0 saturated heterocycles. The summed E-state index contributed by atoms with van der Waals surface area (Å²) in [5.74, 6) is 1.85. The zero-order chi connectivity index (χ0) is 22.5. The number of fused-ring (bicyclic) bond motifs is 1. The summed E-state index contributed by atoms with van der Waals surface area (Å²) in [7, 11) is 0.621. The molecule has 0 aliphatic heterocycles. The van der Waals surface area contributed by atoms with E-state index in [1.165, 1.54) is 0 Å². The second-order valence-electron chi connectivity index (χ2n) is 7.30. The van der Waals surface area contributed by atoms with Crippen LogP contribution in [0.3, 0.4) is 0 Å². The number of unbranched alkanes of at least 4 members (excludes halogenated alkanes) is 1. The summed E-state index contributed by atoms with van der Waals surface area (Å²) in [5.41, 5.74) is 2.53. The molecule has 0 bridgehead atoms. The number of hydrogen-bond donors (Lipinski definition) is 1. The summed E-state index contributed by atoms with van der Waals surface area (Å²) in [6.07, 6.45) is 7.46. The Hall–Kier alpha value is -3.39. The number of ether oxygens (including phenoxy) is 2. The molecule has 0 aliphatic carbocycles. The summed E-state index contributed by atoms with van der Waals surface area (Å²) >= 11 is 0. The Morgan fingerprint density at radius 1 is 1.09 bits per heavy atom. The van der Waals surface area contributed by atoms with E-state index in [0.29, 0.717) is 24.1 Å². The average Bonchev–Trinajstić information content (AvgIpc) is 3.23. The quantitative estimate of drug-likeness (QED) is 0.358. The Balaban J connectivity index is 1.61. The fraction of sp³-hybridized carbons (Fsp3) is 0.250. The van der Waals surface area contributed by atoms with Crippen LogP contribution in [0.25, 0.3) is 16.7 Å². The predicted molar refractivity (Wildman–Crippen MR) is 128 cm³/mol. The van der Waals surface area contributed by atoms with Crippen molar-refractivity contribution in [1.29, 1.82) is 0 Å². The Morgan fingerprint density at radius 3 is 2.62 bits per heavy atom. The van der Waals surface area contributed by atoms with Crippen LogP contribution in [0.4, 0.5) is 11.6 Å². The van der Waals surface area contributed by atoms with Gasteiger partial charge < -0.3 is 19.4 Å². The maximum Gasteiger partial charge on any atom is 0.229 e. The molecule has 8 heteroatoms. The molecular formula is C24H26N4O3S. The van der Waals surface area contributed by atoms with E-state index in [-0.39, 0.29) is 0 Å². The highest BCUT2D eigenvalue weighted by molar-refractivity contribution is 7.84. The third-order valence-corrected chi connectivity index (χ3v) is 5.99. The van der Waals surface area contributed by atoms with Gasteiger partial charge in [0.25, 0.3) is 0 Å². The molecule has 0 aliphatic rings. The van der Waals surface area contributed by atoms with E-state index in [0.717, 1.165) is 40.1 Å². The zero-order valence-corrected chi connectivity index (χ0v) is 19.2. The van der Waals surface area contributed by atoms with Crippen LogP contribution in [0.5, 0.6) is 11.5 Å². The third kappa shape index (κ3) is 4.75.